The van der Waals surface area contributed by atoms with Gasteiger partial charge in [0.25, 0.3) is 10.0 Å². The van der Waals surface area contributed by atoms with Gasteiger partial charge in [-0.2, -0.15) is 0 Å². The van der Waals surface area contributed by atoms with Crippen LogP contribution in [0.2, 0.25) is 0 Å². The van der Waals surface area contributed by atoms with Crippen LogP contribution in [0, 0.1) is 12.3 Å². The van der Waals surface area contributed by atoms with Crippen LogP contribution in [0.1, 0.15) is 39.3 Å². The summed E-state index contributed by atoms with van der Waals surface area (Å²) in [6.07, 6.45) is 7.67. The number of sulfonamides is 1. The summed E-state index contributed by atoms with van der Waals surface area (Å²) in [5, 5.41) is 10.2. The molecule has 160 valence electrons. The molecule has 1 heterocycles. The van der Waals surface area contributed by atoms with Crippen molar-refractivity contribution < 1.29 is 18.3 Å². The second kappa shape index (κ2) is 9.17. The summed E-state index contributed by atoms with van der Waals surface area (Å²) in [5.74, 6) is -0.206. The van der Waals surface area contributed by atoms with Gasteiger partial charge >= 0.3 is 0 Å². The van der Waals surface area contributed by atoms with Crippen molar-refractivity contribution in [1.82, 2.24) is 9.97 Å². The van der Waals surface area contributed by atoms with Crippen molar-refractivity contribution in [1.29, 1.82) is 0 Å². The third kappa shape index (κ3) is 6.21. The molecular weight excluding hydrogens is 404 g/mol. The van der Waals surface area contributed by atoms with E-state index in [9.17, 15) is 18.3 Å². The SMILES string of the molecule is C=C/C(=C\C=C(/C)S(=O)(=O)Nc1nccc(C)n1)N=CC1=C(O)CC(C)(C)CC1=O. The monoisotopic (exact) mass is 430 g/mol. The molecule has 0 bridgehead atoms. The van der Waals surface area contributed by atoms with Crippen LogP contribution in [0.25, 0.3) is 0 Å². The first kappa shape index (κ1) is 23.2. The van der Waals surface area contributed by atoms with Crippen LogP contribution in [0.5, 0.6) is 0 Å². The van der Waals surface area contributed by atoms with Crippen molar-refractivity contribution >= 4 is 28.0 Å². The number of rotatable bonds is 7. The lowest BCUT2D eigenvalue weighted by Gasteiger charge is -2.28. The van der Waals surface area contributed by atoms with Crippen LogP contribution in [-0.4, -0.2) is 35.5 Å². The molecule has 1 aromatic rings. The number of anilines is 1. The fourth-order valence-corrected chi connectivity index (χ4v) is 3.49. The standard InChI is InChI=1S/C21H26N4O4S/c1-6-16(23-13-17-18(26)11-21(4,5)12-19(17)27)8-7-15(3)30(28,29)25-20-22-10-9-14(2)24-20/h6-10,13,26H,1,11-12H2,2-5H3,(H,22,24,25)/b15-7+,16-8+,23-13?. The van der Waals surface area contributed by atoms with Crippen LogP contribution >= 0.6 is 0 Å². The van der Waals surface area contributed by atoms with Crippen LogP contribution < -0.4 is 4.72 Å². The minimum absolute atomic E-state index is 0.0000622. The Morgan fingerprint density at radius 2 is 2.03 bits per heavy atom. The smallest absolute Gasteiger partial charge is 0.260 e. The van der Waals surface area contributed by atoms with Crippen molar-refractivity contribution in [3.63, 3.8) is 0 Å². The molecule has 0 saturated heterocycles. The van der Waals surface area contributed by atoms with E-state index in [0.29, 0.717) is 24.2 Å². The molecule has 0 saturated carbocycles. The Bertz CT molecular complexity index is 1080. The maximum atomic E-state index is 12.4. The normalized spacial score (nSPS) is 18.1. The van der Waals surface area contributed by atoms with Gasteiger partial charge in [0.15, 0.2) is 5.78 Å². The molecule has 0 aromatic carbocycles. The Morgan fingerprint density at radius 1 is 1.33 bits per heavy atom. The summed E-state index contributed by atoms with van der Waals surface area (Å²) >= 11 is 0. The summed E-state index contributed by atoms with van der Waals surface area (Å²) in [6, 6.07) is 1.66. The lowest BCUT2D eigenvalue weighted by molar-refractivity contribution is -0.117. The molecule has 30 heavy (non-hydrogen) atoms. The molecule has 0 atom stereocenters. The maximum absolute atomic E-state index is 12.4. The number of aryl methyl sites for hydroxylation is 1. The van der Waals surface area contributed by atoms with E-state index in [1.54, 1.807) is 13.0 Å². The van der Waals surface area contributed by atoms with Crippen molar-refractivity contribution in [3.8, 4) is 0 Å². The number of Topliss-reactive ketones (excluding diaryl/α,β-unsaturated/α-hetero) is 1. The Hall–Kier alpha value is -3.07. The number of carbonyl (C=O) groups is 1. The average molecular weight is 431 g/mol. The fraction of sp³-hybridized carbons (Fsp3) is 0.333. The summed E-state index contributed by atoms with van der Waals surface area (Å²) < 4.78 is 27.2. The molecule has 1 aliphatic carbocycles. The highest BCUT2D eigenvalue weighted by Gasteiger charge is 2.32. The summed E-state index contributed by atoms with van der Waals surface area (Å²) in [5.41, 5.74) is 0.825. The molecule has 0 radical (unpaired) electrons. The second-order valence-electron chi connectivity index (χ2n) is 7.76. The molecule has 9 heteroatoms. The van der Waals surface area contributed by atoms with E-state index in [1.165, 1.54) is 37.6 Å². The molecule has 1 aromatic heterocycles. The highest BCUT2D eigenvalue weighted by Crippen LogP contribution is 2.35. The van der Waals surface area contributed by atoms with Gasteiger partial charge < -0.3 is 5.11 Å². The molecule has 0 amide bonds. The first-order valence-corrected chi connectivity index (χ1v) is 10.7. The first-order valence-electron chi connectivity index (χ1n) is 9.26. The molecule has 0 spiro atoms. The third-order valence-electron chi connectivity index (χ3n) is 4.38. The number of aliphatic imine (C=N–C) groups is 1. The van der Waals surface area contributed by atoms with E-state index in [2.05, 4.69) is 26.3 Å². The number of ketones is 1. The second-order valence-corrected chi connectivity index (χ2v) is 9.61. The van der Waals surface area contributed by atoms with Gasteiger partial charge in [0.1, 0.15) is 5.76 Å². The molecule has 2 N–H and O–H groups in total. The Labute approximate surface area is 176 Å². The molecule has 2 rings (SSSR count). The number of allylic oxidation sites excluding steroid dienone is 6. The van der Waals surface area contributed by atoms with Gasteiger partial charge in [-0.3, -0.25) is 9.79 Å². The lowest BCUT2D eigenvalue weighted by Crippen LogP contribution is -2.26. The zero-order valence-corrected chi connectivity index (χ0v) is 18.3. The van der Waals surface area contributed by atoms with E-state index in [1.807, 2.05) is 13.8 Å². The number of nitrogens with zero attached hydrogens (tertiary/aromatic N) is 3. The number of aliphatic hydroxyl groups is 1. The average Bonchev–Trinajstić information content (AvgIpc) is 2.61. The zero-order valence-electron chi connectivity index (χ0n) is 17.5. The van der Waals surface area contributed by atoms with E-state index in [0.717, 1.165) is 0 Å². The van der Waals surface area contributed by atoms with Crippen LogP contribution in [0.3, 0.4) is 0 Å². The van der Waals surface area contributed by atoms with E-state index in [4.69, 9.17) is 0 Å². The van der Waals surface area contributed by atoms with Crippen LogP contribution in [0.15, 0.2) is 64.0 Å². The maximum Gasteiger partial charge on any atom is 0.260 e. The summed E-state index contributed by atoms with van der Waals surface area (Å²) in [6.45, 7) is 10.6. The lowest BCUT2D eigenvalue weighted by atomic mass is 9.77. The molecular formula is C21H26N4O4S. The Kier molecular flexibility index (Phi) is 7.09. The molecule has 0 aliphatic heterocycles. The predicted octanol–water partition coefficient (Wildman–Crippen LogP) is 3.77. The molecule has 1 aliphatic rings. The Morgan fingerprint density at radius 3 is 2.63 bits per heavy atom. The first-order chi connectivity index (χ1) is 13.9. The van der Waals surface area contributed by atoms with Crippen molar-refractivity contribution in [2.45, 2.75) is 40.5 Å². The molecule has 0 unspecified atom stereocenters. The minimum atomic E-state index is -3.85. The number of aromatic nitrogens is 2. The quantitative estimate of drug-likeness (QED) is 0.501. The summed E-state index contributed by atoms with van der Waals surface area (Å²) in [4.78, 5) is 24.3. The van der Waals surface area contributed by atoms with Crippen LogP contribution in [-0.2, 0) is 14.8 Å². The fourth-order valence-electron chi connectivity index (χ4n) is 2.74. The number of nitrogens with one attached hydrogen (secondary N) is 1. The van der Waals surface area contributed by atoms with Gasteiger partial charge in [-0.1, -0.05) is 20.4 Å². The van der Waals surface area contributed by atoms with Gasteiger partial charge in [-0.15, -0.1) is 0 Å². The third-order valence-corrected chi connectivity index (χ3v) is 5.82. The highest BCUT2D eigenvalue weighted by atomic mass is 32.2. The van der Waals surface area contributed by atoms with E-state index >= 15 is 0 Å². The number of hydrogen-bond acceptors (Lipinski definition) is 7. The number of carbonyl (C=O) groups excluding carboxylic acids is 1. The zero-order chi connectivity index (χ0) is 22.5. The predicted molar refractivity (Wildman–Crippen MR) is 118 cm³/mol. The van der Waals surface area contributed by atoms with Crippen molar-refractivity contribution in [3.05, 3.63) is 64.7 Å². The largest absolute Gasteiger partial charge is 0.511 e. The van der Waals surface area contributed by atoms with Gasteiger partial charge in [-0.25, -0.2) is 23.1 Å². The number of aliphatic hydroxyl groups excluding tert-OH is 1. The number of hydrogen-bond donors (Lipinski definition) is 2. The molecule has 8 nitrogen and oxygen atoms in total. The van der Waals surface area contributed by atoms with Gasteiger partial charge in [-0.05, 0) is 43.6 Å². The van der Waals surface area contributed by atoms with E-state index < -0.39 is 10.0 Å². The summed E-state index contributed by atoms with van der Waals surface area (Å²) in [7, 11) is -3.85. The van der Waals surface area contributed by atoms with E-state index in [-0.39, 0.29) is 33.4 Å². The van der Waals surface area contributed by atoms with Gasteiger partial charge in [0.2, 0.25) is 5.95 Å². The molecule has 0 fully saturated rings. The van der Waals surface area contributed by atoms with Gasteiger partial charge in [0, 0.05) is 30.9 Å². The van der Waals surface area contributed by atoms with Crippen molar-refractivity contribution in [2.75, 3.05) is 4.72 Å². The Balaban J connectivity index is 2.21. The topological polar surface area (TPSA) is 122 Å². The van der Waals surface area contributed by atoms with Gasteiger partial charge in [0.05, 0.1) is 16.2 Å². The van der Waals surface area contributed by atoms with Crippen LogP contribution in [0.4, 0.5) is 5.95 Å². The minimum Gasteiger partial charge on any atom is -0.511 e. The van der Waals surface area contributed by atoms with Crippen molar-refractivity contribution in [2.24, 2.45) is 10.4 Å². The highest BCUT2D eigenvalue weighted by molar-refractivity contribution is 7.96.